The second-order valence-electron chi connectivity index (χ2n) is 9.72. The smallest absolute Gasteiger partial charge is 0.309 e. The molecular weight excluding hydrogens is 504 g/mol. The summed E-state index contributed by atoms with van der Waals surface area (Å²) in [5.41, 5.74) is 1.55. The average Bonchev–Trinajstić information content (AvgIpc) is 3.65. The molecule has 38 heavy (non-hydrogen) atoms. The van der Waals surface area contributed by atoms with Gasteiger partial charge in [0.1, 0.15) is 30.2 Å². The van der Waals surface area contributed by atoms with E-state index in [0.717, 1.165) is 5.56 Å². The van der Waals surface area contributed by atoms with E-state index in [1.807, 2.05) is 18.2 Å². The molecule has 0 aliphatic carbocycles. The first-order chi connectivity index (χ1) is 18.4. The molecule has 2 fully saturated rings. The van der Waals surface area contributed by atoms with Crippen LogP contribution in [0.1, 0.15) is 11.1 Å². The number of benzene rings is 2. The topological polar surface area (TPSA) is 163 Å². The van der Waals surface area contributed by atoms with E-state index in [-0.39, 0.29) is 44.3 Å². The minimum absolute atomic E-state index is 0.0104. The Labute approximate surface area is 217 Å². The average molecular weight is 532 g/mol. The van der Waals surface area contributed by atoms with E-state index in [4.69, 9.17) is 33.2 Å². The predicted molar refractivity (Wildman–Crippen MR) is 125 cm³/mol. The maximum atomic E-state index is 12.8. The van der Waals surface area contributed by atoms with E-state index in [1.54, 1.807) is 12.1 Å². The normalized spacial score (nSPS) is 31.4. The zero-order valence-corrected chi connectivity index (χ0v) is 20.2. The number of hydrogen-bond donors (Lipinski definition) is 4. The molecule has 0 amide bonds. The minimum atomic E-state index is -1.60. The monoisotopic (exact) mass is 532 g/mol. The van der Waals surface area contributed by atoms with Gasteiger partial charge in [0.05, 0.1) is 19.1 Å². The molecule has 0 spiro atoms. The van der Waals surface area contributed by atoms with E-state index in [0.29, 0.717) is 35.0 Å². The third kappa shape index (κ3) is 4.58. The van der Waals surface area contributed by atoms with Gasteiger partial charge in [0.15, 0.2) is 23.0 Å². The molecule has 7 atom stereocenters. The predicted octanol–water partition coefficient (Wildman–Crippen LogP) is -0.103. The van der Waals surface area contributed by atoms with E-state index >= 15 is 0 Å². The van der Waals surface area contributed by atoms with E-state index in [9.17, 15) is 25.2 Å². The van der Waals surface area contributed by atoms with Crippen molar-refractivity contribution < 1.29 is 58.4 Å². The quantitative estimate of drug-likeness (QED) is 0.351. The van der Waals surface area contributed by atoms with Gasteiger partial charge in [0.25, 0.3) is 0 Å². The number of esters is 1. The molecule has 4 aliphatic rings. The molecule has 0 saturated carbocycles. The third-order valence-corrected chi connectivity index (χ3v) is 7.33. The molecule has 204 valence electrons. The zero-order chi connectivity index (χ0) is 26.4. The number of aliphatic hydroxyl groups is 4. The Morgan fingerprint density at radius 2 is 1.53 bits per heavy atom. The van der Waals surface area contributed by atoms with Crippen LogP contribution in [0.4, 0.5) is 0 Å². The zero-order valence-electron chi connectivity index (χ0n) is 20.2. The van der Waals surface area contributed by atoms with Gasteiger partial charge >= 0.3 is 5.97 Å². The lowest BCUT2D eigenvalue weighted by Crippen LogP contribution is -2.60. The first-order valence-electron chi connectivity index (χ1n) is 12.4. The molecule has 4 N–H and O–H groups in total. The van der Waals surface area contributed by atoms with Crippen LogP contribution in [0.15, 0.2) is 30.3 Å². The van der Waals surface area contributed by atoms with Crippen LogP contribution in [0.5, 0.6) is 28.7 Å². The molecular formula is C26H28O12. The van der Waals surface area contributed by atoms with E-state index in [2.05, 4.69) is 0 Å². The van der Waals surface area contributed by atoms with Crippen molar-refractivity contribution in [1.29, 1.82) is 0 Å². The highest BCUT2D eigenvalue weighted by atomic mass is 16.7. The summed E-state index contributed by atoms with van der Waals surface area (Å²) in [6.45, 7) is -0.149. The maximum absolute atomic E-state index is 12.8. The maximum Gasteiger partial charge on any atom is 0.309 e. The first kappa shape index (κ1) is 25.0. The van der Waals surface area contributed by atoms with Gasteiger partial charge in [-0.15, -0.1) is 0 Å². The van der Waals surface area contributed by atoms with Crippen molar-refractivity contribution in [3.63, 3.8) is 0 Å². The summed E-state index contributed by atoms with van der Waals surface area (Å²) in [5, 5.41) is 40.3. The van der Waals surface area contributed by atoms with Crippen molar-refractivity contribution in [2.75, 3.05) is 26.8 Å². The largest absolute Gasteiger partial charge is 0.465 e. The van der Waals surface area contributed by atoms with Gasteiger partial charge in [-0.3, -0.25) is 4.79 Å². The van der Waals surface area contributed by atoms with Crippen molar-refractivity contribution in [2.24, 2.45) is 11.8 Å². The van der Waals surface area contributed by atoms with E-state index < -0.39 is 43.2 Å². The van der Waals surface area contributed by atoms with Crippen LogP contribution >= 0.6 is 0 Å². The highest BCUT2D eigenvalue weighted by Crippen LogP contribution is 2.42. The fourth-order valence-corrected chi connectivity index (χ4v) is 5.19. The van der Waals surface area contributed by atoms with Gasteiger partial charge in [-0.05, 0) is 42.2 Å². The Morgan fingerprint density at radius 1 is 0.816 bits per heavy atom. The molecule has 2 saturated heterocycles. The fourth-order valence-electron chi connectivity index (χ4n) is 5.19. The van der Waals surface area contributed by atoms with Gasteiger partial charge in [-0.2, -0.15) is 0 Å². The summed E-state index contributed by atoms with van der Waals surface area (Å²) in [7, 11) is 0. The molecule has 0 bridgehead atoms. The molecule has 0 radical (unpaired) electrons. The molecule has 4 aliphatic heterocycles. The number of carbonyl (C=O) groups excluding carboxylic acids is 1. The SMILES string of the molecule is O=C1OC[C@H](Cc2ccc3c(c2)OCO3)[C@H]1Cc1cc2c(cc1O[C@@H]1O[C@H](CO)[C@@H](O)[C@H](O)[C@H]1O)OCO2. The number of aliphatic hydroxyl groups excluding tert-OH is 4. The molecule has 4 heterocycles. The lowest BCUT2D eigenvalue weighted by molar-refractivity contribution is -0.277. The molecule has 2 aromatic carbocycles. The lowest BCUT2D eigenvalue weighted by atomic mass is 9.84. The number of carbonyl (C=O) groups is 1. The Bertz CT molecular complexity index is 1200. The van der Waals surface area contributed by atoms with Crippen LogP contribution < -0.4 is 23.7 Å². The number of ether oxygens (including phenoxy) is 7. The summed E-state index contributed by atoms with van der Waals surface area (Å²) in [6.07, 6.45) is -6.44. The minimum Gasteiger partial charge on any atom is -0.465 e. The highest BCUT2D eigenvalue weighted by Gasteiger charge is 2.45. The van der Waals surface area contributed by atoms with Gasteiger partial charge in [0, 0.05) is 12.0 Å². The summed E-state index contributed by atoms with van der Waals surface area (Å²) >= 11 is 0. The van der Waals surface area contributed by atoms with E-state index in [1.165, 1.54) is 0 Å². The number of rotatable bonds is 7. The Kier molecular flexibility index (Phi) is 6.66. The van der Waals surface area contributed by atoms with Crippen LogP contribution in [0.25, 0.3) is 0 Å². The summed E-state index contributed by atoms with van der Waals surface area (Å²) in [6, 6.07) is 8.93. The Morgan fingerprint density at radius 3 is 2.29 bits per heavy atom. The van der Waals surface area contributed by atoms with Crippen LogP contribution in [0.3, 0.4) is 0 Å². The molecule has 0 aromatic heterocycles. The van der Waals surface area contributed by atoms with Crippen molar-refractivity contribution in [2.45, 2.75) is 43.5 Å². The molecule has 6 rings (SSSR count). The Balaban J connectivity index is 1.25. The summed E-state index contributed by atoms with van der Waals surface area (Å²) in [4.78, 5) is 12.8. The first-order valence-corrected chi connectivity index (χ1v) is 12.4. The number of cyclic esters (lactones) is 1. The van der Waals surface area contributed by atoms with Gasteiger partial charge in [0.2, 0.25) is 19.9 Å². The lowest BCUT2D eigenvalue weighted by Gasteiger charge is -2.39. The van der Waals surface area contributed by atoms with Crippen molar-refractivity contribution in [1.82, 2.24) is 0 Å². The Hall–Kier alpha value is -3.29. The van der Waals surface area contributed by atoms with Crippen molar-refractivity contribution >= 4 is 5.97 Å². The number of hydrogen-bond acceptors (Lipinski definition) is 12. The van der Waals surface area contributed by atoms with Crippen LogP contribution in [0, 0.1) is 11.8 Å². The van der Waals surface area contributed by atoms with Crippen molar-refractivity contribution in [3.05, 3.63) is 41.5 Å². The standard InChI is InChI=1S/C26H28O12/c27-8-21-22(28)23(29)24(30)26(38-21)37-17-7-20-19(35-11-36-20)6-13(17)5-15-14(9-32-25(15)31)3-12-1-2-16-18(4-12)34-10-33-16/h1-2,4,6-7,14-15,21-24,26-30H,3,5,8-11H2/t14-,15+,21+,22+,23-,24+,26+/m0/s1. The second-order valence-corrected chi connectivity index (χ2v) is 9.72. The molecule has 0 unspecified atom stereocenters. The molecule has 12 heteroatoms. The third-order valence-electron chi connectivity index (χ3n) is 7.33. The van der Waals surface area contributed by atoms with Crippen LogP contribution in [0.2, 0.25) is 0 Å². The highest BCUT2D eigenvalue weighted by molar-refractivity contribution is 5.75. The van der Waals surface area contributed by atoms with Crippen molar-refractivity contribution in [3.8, 4) is 28.7 Å². The van der Waals surface area contributed by atoms with Crippen LogP contribution in [-0.2, 0) is 27.1 Å². The number of fused-ring (bicyclic) bond motifs is 2. The fraction of sp³-hybridized carbons (Fsp3) is 0.500. The summed E-state index contributed by atoms with van der Waals surface area (Å²) < 4.78 is 38.7. The van der Waals surface area contributed by atoms with Crippen LogP contribution in [-0.4, -0.2) is 83.9 Å². The molecule has 12 nitrogen and oxygen atoms in total. The van der Waals surface area contributed by atoms with Gasteiger partial charge < -0.3 is 53.6 Å². The molecule has 2 aromatic rings. The van der Waals surface area contributed by atoms with Gasteiger partial charge in [-0.1, -0.05) is 6.07 Å². The second kappa shape index (κ2) is 10.1. The summed E-state index contributed by atoms with van der Waals surface area (Å²) in [5.74, 6) is 1.48. The van der Waals surface area contributed by atoms with Gasteiger partial charge in [-0.25, -0.2) is 0 Å².